The third kappa shape index (κ3) is 3.17. The Hall–Kier alpha value is -2.43. The van der Waals surface area contributed by atoms with Gasteiger partial charge in [0.25, 0.3) is 0 Å². The molecule has 1 aromatic heterocycles. The van der Waals surface area contributed by atoms with Gasteiger partial charge in [0.15, 0.2) is 0 Å². The van der Waals surface area contributed by atoms with E-state index in [1.165, 1.54) is 28.8 Å². The lowest BCUT2D eigenvalue weighted by Crippen LogP contribution is -2.44. The number of anilines is 1. The van der Waals surface area contributed by atoms with Crippen molar-refractivity contribution in [3.05, 3.63) is 52.5 Å². The number of hydrogen-bond acceptors (Lipinski definition) is 4. The zero-order chi connectivity index (χ0) is 19.1. The van der Waals surface area contributed by atoms with Crippen molar-refractivity contribution < 1.29 is 4.79 Å². The SMILES string of the molecule is Cc1nc2c(c(N3CCC(C(=O)N4CCc5ccccc5C4)CC3)n1)CCC2. The maximum atomic E-state index is 13.1. The minimum Gasteiger partial charge on any atom is -0.356 e. The molecular weight excluding hydrogens is 348 g/mol. The number of rotatable bonds is 2. The smallest absolute Gasteiger partial charge is 0.226 e. The predicted molar refractivity (Wildman–Crippen MR) is 109 cm³/mol. The van der Waals surface area contributed by atoms with Crippen molar-refractivity contribution in [1.29, 1.82) is 0 Å². The maximum Gasteiger partial charge on any atom is 0.226 e. The van der Waals surface area contributed by atoms with Gasteiger partial charge >= 0.3 is 0 Å². The highest BCUT2D eigenvalue weighted by Crippen LogP contribution is 2.32. The number of piperidine rings is 1. The van der Waals surface area contributed by atoms with Crippen LogP contribution in [0.4, 0.5) is 5.82 Å². The molecule has 146 valence electrons. The van der Waals surface area contributed by atoms with E-state index in [1.807, 2.05) is 6.92 Å². The Bertz CT molecular complexity index is 901. The van der Waals surface area contributed by atoms with Gasteiger partial charge in [0.1, 0.15) is 11.6 Å². The first-order chi connectivity index (χ1) is 13.7. The van der Waals surface area contributed by atoms with E-state index >= 15 is 0 Å². The van der Waals surface area contributed by atoms with Gasteiger partial charge in [-0.1, -0.05) is 24.3 Å². The van der Waals surface area contributed by atoms with Crippen LogP contribution in [-0.2, 0) is 30.6 Å². The normalized spacial score (nSPS) is 19.5. The summed E-state index contributed by atoms with van der Waals surface area (Å²) in [6.07, 6.45) is 6.19. The molecule has 2 aromatic rings. The Kier molecular flexibility index (Phi) is 4.53. The van der Waals surface area contributed by atoms with Gasteiger partial charge < -0.3 is 9.80 Å². The molecule has 0 N–H and O–H groups in total. The standard InChI is InChI=1S/C23H28N4O/c1-16-24-21-8-4-7-20(21)22(25-16)26-12-10-18(11-13-26)23(28)27-14-9-17-5-2-3-6-19(17)15-27/h2-3,5-6,18H,4,7-15H2,1H3. The van der Waals surface area contributed by atoms with Crippen LogP contribution < -0.4 is 4.90 Å². The quantitative estimate of drug-likeness (QED) is 0.808. The van der Waals surface area contributed by atoms with Gasteiger partial charge in [-0.2, -0.15) is 0 Å². The summed E-state index contributed by atoms with van der Waals surface area (Å²) in [5.74, 6) is 2.51. The van der Waals surface area contributed by atoms with E-state index < -0.39 is 0 Å². The Morgan fingerprint density at radius 3 is 2.61 bits per heavy atom. The molecule has 3 heterocycles. The van der Waals surface area contributed by atoms with Gasteiger partial charge in [-0.05, 0) is 56.6 Å². The summed E-state index contributed by atoms with van der Waals surface area (Å²) in [6.45, 7) is 5.46. The summed E-state index contributed by atoms with van der Waals surface area (Å²) >= 11 is 0. The number of hydrogen-bond donors (Lipinski definition) is 0. The summed E-state index contributed by atoms with van der Waals surface area (Å²) in [7, 11) is 0. The van der Waals surface area contributed by atoms with Crippen molar-refractivity contribution in [2.45, 2.75) is 52.0 Å². The van der Waals surface area contributed by atoms with Crippen LogP contribution in [0.3, 0.4) is 0 Å². The molecule has 1 amide bonds. The van der Waals surface area contributed by atoms with Crippen LogP contribution in [0.25, 0.3) is 0 Å². The lowest BCUT2D eigenvalue weighted by molar-refractivity contribution is -0.137. The van der Waals surface area contributed by atoms with Crippen LogP contribution in [0.1, 0.15) is 47.5 Å². The molecule has 0 spiro atoms. The van der Waals surface area contributed by atoms with Gasteiger partial charge in [0, 0.05) is 43.4 Å². The highest BCUT2D eigenvalue weighted by molar-refractivity contribution is 5.79. The molecule has 2 aliphatic heterocycles. The molecule has 3 aliphatic rings. The van der Waals surface area contributed by atoms with E-state index in [4.69, 9.17) is 4.98 Å². The van der Waals surface area contributed by atoms with Crippen LogP contribution in [0.5, 0.6) is 0 Å². The predicted octanol–water partition coefficient (Wildman–Crippen LogP) is 3.08. The Morgan fingerprint density at radius 2 is 1.79 bits per heavy atom. The van der Waals surface area contributed by atoms with Crippen LogP contribution in [0.15, 0.2) is 24.3 Å². The van der Waals surface area contributed by atoms with Gasteiger partial charge in [-0.3, -0.25) is 4.79 Å². The van der Waals surface area contributed by atoms with Crippen LogP contribution >= 0.6 is 0 Å². The highest BCUT2D eigenvalue weighted by Gasteiger charge is 2.32. The number of fused-ring (bicyclic) bond motifs is 2. The summed E-state index contributed by atoms with van der Waals surface area (Å²) in [5, 5.41) is 0. The van der Waals surface area contributed by atoms with Crippen molar-refractivity contribution in [2.75, 3.05) is 24.5 Å². The molecule has 28 heavy (non-hydrogen) atoms. The number of amides is 1. The molecule has 1 fully saturated rings. The molecule has 5 rings (SSSR count). The molecule has 1 saturated heterocycles. The van der Waals surface area contributed by atoms with Crippen LogP contribution in [0, 0.1) is 12.8 Å². The number of carbonyl (C=O) groups excluding carboxylic acids is 1. The molecule has 1 aromatic carbocycles. The third-order valence-electron chi connectivity index (χ3n) is 6.61. The lowest BCUT2D eigenvalue weighted by Gasteiger charge is -2.37. The lowest BCUT2D eigenvalue weighted by atomic mass is 9.93. The molecule has 0 unspecified atom stereocenters. The first-order valence-electron chi connectivity index (χ1n) is 10.7. The number of nitrogens with zero attached hydrogens (tertiary/aromatic N) is 4. The summed E-state index contributed by atoms with van der Waals surface area (Å²) in [5.41, 5.74) is 5.30. The van der Waals surface area contributed by atoms with E-state index in [2.05, 4.69) is 39.0 Å². The van der Waals surface area contributed by atoms with Crippen molar-refractivity contribution in [3.8, 4) is 0 Å². The molecule has 0 radical (unpaired) electrons. The fourth-order valence-corrected chi connectivity index (χ4v) is 5.07. The van der Waals surface area contributed by atoms with E-state index in [0.717, 1.165) is 69.9 Å². The summed E-state index contributed by atoms with van der Waals surface area (Å²) in [4.78, 5) is 27.0. The van der Waals surface area contributed by atoms with E-state index in [9.17, 15) is 4.79 Å². The van der Waals surface area contributed by atoms with Gasteiger partial charge in [-0.15, -0.1) is 0 Å². The van der Waals surface area contributed by atoms with E-state index in [1.54, 1.807) is 0 Å². The molecule has 5 heteroatoms. The third-order valence-corrected chi connectivity index (χ3v) is 6.61. The number of aromatic nitrogens is 2. The van der Waals surface area contributed by atoms with Gasteiger partial charge in [0.2, 0.25) is 5.91 Å². The summed E-state index contributed by atoms with van der Waals surface area (Å²) in [6, 6.07) is 8.53. The summed E-state index contributed by atoms with van der Waals surface area (Å²) < 4.78 is 0. The van der Waals surface area contributed by atoms with Crippen molar-refractivity contribution >= 4 is 11.7 Å². The monoisotopic (exact) mass is 376 g/mol. The van der Waals surface area contributed by atoms with Crippen LogP contribution in [-0.4, -0.2) is 40.4 Å². The number of aryl methyl sites for hydroxylation is 2. The van der Waals surface area contributed by atoms with E-state index in [0.29, 0.717) is 5.91 Å². The number of benzene rings is 1. The zero-order valence-corrected chi connectivity index (χ0v) is 16.7. The largest absolute Gasteiger partial charge is 0.356 e. The minimum atomic E-state index is 0.150. The second-order valence-corrected chi connectivity index (χ2v) is 8.41. The zero-order valence-electron chi connectivity index (χ0n) is 16.7. The average molecular weight is 377 g/mol. The Balaban J connectivity index is 1.25. The minimum absolute atomic E-state index is 0.150. The molecule has 1 aliphatic carbocycles. The highest BCUT2D eigenvalue weighted by atomic mass is 16.2. The van der Waals surface area contributed by atoms with Gasteiger partial charge in [-0.25, -0.2) is 9.97 Å². The molecule has 0 atom stereocenters. The second kappa shape index (κ2) is 7.19. The molecule has 5 nitrogen and oxygen atoms in total. The van der Waals surface area contributed by atoms with Crippen molar-refractivity contribution in [1.82, 2.24) is 14.9 Å². The molecule has 0 bridgehead atoms. The fraction of sp³-hybridized carbons (Fsp3) is 0.522. The maximum absolute atomic E-state index is 13.1. The first-order valence-corrected chi connectivity index (χ1v) is 10.7. The van der Waals surface area contributed by atoms with Gasteiger partial charge in [0.05, 0.1) is 0 Å². The Labute approximate surface area is 166 Å². The number of carbonyl (C=O) groups is 1. The Morgan fingerprint density at radius 1 is 1.00 bits per heavy atom. The fourth-order valence-electron chi connectivity index (χ4n) is 5.07. The molecule has 0 saturated carbocycles. The van der Waals surface area contributed by atoms with E-state index in [-0.39, 0.29) is 5.92 Å². The van der Waals surface area contributed by atoms with Crippen molar-refractivity contribution in [3.63, 3.8) is 0 Å². The first kappa shape index (κ1) is 17.7. The average Bonchev–Trinajstić information content (AvgIpc) is 3.21. The van der Waals surface area contributed by atoms with Crippen molar-refractivity contribution in [2.24, 2.45) is 5.92 Å². The molecular formula is C23H28N4O. The second-order valence-electron chi connectivity index (χ2n) is 8.41. The topological polar surface area (TPSA) is 49.3 Å². The van der Waals surface area contributed by atoms with Crippen LogP contribution in [0.2, 0.25) is 0 Å².